The number of pyridine rings is 1. The third-order valence-electron chi connectivity index (χ3n) is 7.92. The Labute approximate surface area is 268 Å². The molecule has 0 radical (unpaired) electrons. The zero-order valence-corrected chi connectivity index (χ0v) is 26.6. The van der Waals surface area contributed by atoms with E-state index in [1.807, 2.05) is 54.3 Å². The fraction of sp³-hybridized carbons (Fsp3) is 0.424. The van der Waals surface area contributed by atoms with Gasteiger partial charge < -0.3 is 19.3 Å². The van der Waals surface area contributed by atoms with Crippen LogP contribution in [0.15, 0.2) is 48.7 Å². The van der Waals surface area contributed by atoms with Crippen LogP contribution in [0.3, 0.4) is 0 Å². The number of hydrogen-bond acceptors (Lipinski definition) is 6. The van der Waals surface area contributed by atoms with Crippen molar-refractivity contribution in [3.8, 4) is 11.8 Å². The van der Waals surface area contributed by atoms with Crippen LogP contribution < -0.4 is 9.64 Å². The minimum absolute atomic E-state index is 0.0673. The number of halogens is 3. The number of carbonyl (C=O) groups excluding carboxylic acids is 1. The lowest BCUT2D eigenvalue weighted by Crippen LogP contribution is -2.38. The highest BCUT2D eigenvalue weighted by Gasteiger charge is 2.36. The molecule has 10 heteroatoms. The van der Waals surface area contributed by atoms with Crippen molar-refractivity contribution < 1.29 is 14.3 Å². The van der Waals surface area contributed by atoms with Gasteiger partial charge in [0.25, 0.3) is 0 Å². The Morgan fingerprint density at radius 3 is 2.49 bits per heavy atom. The van der Waals surface area contributed by atoms with Crippen molar-refractivity contribution in [1.82, 2.24) is 9.88 Å². The van der Waals surface area contributed by atoms with E-state index in [2.05, 4.69) is 16.0 Å². The second-order valence-electron chi connectivity index (χ2n) is 11.3. The molecule has 2 aromatic carbocycles. The van der Waals surface area contributed by atoms with Crippen molar-refractivity contribution in [2.45, 2.75) is 57.7 Å². The van der Waals surface area contributed by atoms with Crippen LogP contribution in [0.5, 0.6) is 5.75 Å². The molecular weight excluding hydrogens is 607 g/mol. The number of methoxy groups -OCH3 is 1. The summed E-state index contributed by atoms with van der Waals surface area (Å²) in [7, 11) is 1.67. The van der Waals surface area contributed by atoms with Crippen LogP contribution >= 0.6 is 34.8 Å². The minimum Gasteiger partial charge on any atom is -0.485 e. The van der Waals surface area contributed by atoms with Crippen LogP contribution in [-0.4, -0.2) is 54.7 Å². The fourth-order valence-electron chi connectivity index (χ4n) is 5.43. The number of benzene rings is 2. The monoisotopic (exact) mass is 640 g/mol. The van der Waals surface area contributed by atoms with Gasteiger partial charge in [0, 0.05) is 43.9 Å². The largest absolute Gasteiger partial charge is 0.485 e. The van der Waals surface area contributed by atoms with Gasteiger partial charge in [0.2, 0.25) is 5.91 Å². The van der Waals surface area contributed by atoms with Gasteiger partial charge in [0.05, 0.1) is 29.3 Å². The molecule has 2 atom stereocenters. The maximum atomic E-state index is 13.6. The summed E-state index contributed by atoms with van der Waals surface area (Å²) in [5, 5.41) is 11.6. The van der Waals surface area contributed by atoms with Crippen LogP contribution in [-0.2, 0) is 28.9 Å². The third-order valence-corrected chi connectivity index (χ3v) is 8.85. The Bertz CT molecular complexity index is 1470. The van der Waals surface area contributed by atoms with Gasteiger partial charge in [-0.05, 0) is 79.1 Å². The molecule has 5 rings (SSSR count). The summed E-state index contributed by atoms with van der Waals surface area (Å²) in [5.74, 6) is 0.355. The first-order valence-corrected chi connectivity index (χ1v) is 15.7. The van der Waals surface area contributed by atoms with Gasteiger partial charge in [-0.2, -0.15) is 5.26 Å². The highest BCUT2D eigenvalue weighted by atomic mass is 35.5. The SMILES string of the molecule is COCCc1ccc(Cl)c(CN(C(=O)[C@@H](C#N)Cc2ccc(N3CC[C@@H](Oc4c(Cl)cc(C)cc4Cl)C3)nc2)C2CC2)c1. The van der Waals surface area contributed by atoms with Crippen molar-refractivity contribution >= 4 is 46.5 Å². The van der Waals surface area contributed by atoms with E-state index in [1.165, 1.54) is 0 Å². The van der Waals surface area contributed by atoms with Crippen molar-refractivity contribution in [3.63, 3.8) is 0 Å². The maximum Gasteiger partial charge on any atom is 0.240 e. The van der Waals surface area contributed by atoms with E-state index in [1.54, 1.807) is 13.3 Å². The van der Waals surface area contributed by atoms with Crippen molar-refractivity contribution in [1.29, 1.82) is 5.26 Å². The number of amides is 1. The lowest BCUT2D eigenvalue weighted by molar-refractivity contribution is -0.135. The maximum absolute atomic E-state index is 13.6. The van der Waals surface area contributed by atoms with E-state index in [0.717, 1.165) is 60.3 Å². The number of ether oxygens (including phenoxy) is 2. The Kier molecular flexibility index (Phi) is 10.4. The smallest absolute Gasteiger partial charge is 0.240 e. The highest BCUT2D eigenvalue weighted by molar-refractivity contribution is 6.37. The molecule has 7 nitrogen and oxygen atoms in total. The number of rotatable bonds is 12. The predicted octanol–water partition coefficient (Wildman–Crippen LogP) is 7.07. The van der Waals surface area contributed by atoms with E-state index in [-0.39, 0.29) is 18.1 Å². The molecule has 43 heavy (non-hydrogen) atoms. The number of carbonyl (C=O) groups is 1. The van der Waals surface area contributed by atoms with Crippen molar-refractivity contribution in [2.75, 3.05) is 31.7 Å². The Hall–Kier alpha value is -3.02. The van der Waals surface area contributed by atoms with E-state index >= 15 is 0 Å². The number of anilines is 1. The fourth-order valence-corrected chi connectivity index (χ4v) is 6.29. The molecule has 1 aliphatic carbocycles. The lowest BCUT2D eigenvalue weighted by atomic mass is 9.99. The molecule has 1 saturated carbocycles. The summed E-state index contributed by atoms with van der Waals surface area (Å²) in [6.45, 7) is 4.36. The molecule has 2 aliphatic rings. The summed E-state index contributed by atoms with van der Waals surface area (Å²) in [5.41, 5.74) is 3.81. The van der Waals surface area contributed by atoms with Crippen LogP contribution in [0.2, 0.25) is 15.1 Å². The van der Waals surface area contributed by atoms with Gasteiger partial charge >= 0.3 is 0 Å². The lowest BCUT2D eigenvalue weighted by Gasteiger charge is -2.26. The molecule has 0 bridgehead atoms. The van der Waals surface area contributed by atoms with E-state index in [9.17, 15) is 10.1 Å². The highest BCUT2D eigenvalue weighted by Crippen LogP contribution is 2.36. The standard InChI is InChI=1S/C33H35Cl3N4O3/c1-21-13-29(35)32(30(36)14-21)43-27-9-11-39(20-27)31-8-4-23(18-38-31)16-24(17-37)33(41)40(26-5-6-26)19-25-15-22(10-12-42-2)3-7-28(25)34/h3-4,7-8,13-15,18,24,26-27H,5-6,9-12,16,19-20H2,1-2H3/t24-,27-/m1/s1. The average Bonchev–Trinajstić information content (AvgIpc) is 3.73. The molecule has 0 unspecified atom stereocenters. The van der Waals surface area contributed by atoms with E-state index < -0.39 is 5.92 Å². The summed E-state index contributed by atoms with van der Waals surface area (Å²) in [6, 6.07) is 15.8. The predicted molar refractivity (Wildman–Crippen MR) is 170 cm³/mol. The van der Waals surface area contributed by atoms with Gasteiger partial charge in [-0.25, -0.2) is 4.98 Å². The van der Waals surface area contributed by atoms with Gasteiger partial charge in [0.1, 0.15) is 17.8 Å². The van der Waals surface area contributed by atoms with Crippen LogP contribution in [0.4, 0.5) is 5.82 Å². The molecule has 2 fully saturated rings. The number of aryl methyl sites for hydroxylation is 1. The molecule has 1 aromatic heterocycles. The molecule has 1 amide bonds. The van der Waals surface area contributed by atoms with Crippen LogP contribution in [0.1, 0.15) is 41.5 Å². The summed E-state index contributed by atoms with van der Waals surface area (Å²) < 4.78 is 11.4. The zero-order valence-electron chi connectivity index (χ0n) is 24.4. The number of nitriles is 1. The first kappa shape index (κ1) is 31.4. The molecular formula is C33H35Cl3N4O3. The molecule has 0 spiro atoms. The Morgan fingerprint density at radius 1 is 1.09 bits per heavy atom. The second-order valence-corrected chi connectivity index (χ2v) is 12.5. The van der Waals surface area contributed by atoms with Gasteiger partial charge in [-0.3, -0.25) is 4.79 Å². The molecule has 1 aliphatic heterocycles. The second kappa shape index (κ2) is 14.2. The van der Waals surface area contributed by atoms with Gasteiger partial charge in [-0.1, -0.05) is 53.0 Å². The van der Waals surface area contributed by atoms with Crippen molar-refractivity contribution in [2.24, 2.45) is 5.92 Å². The van der Waals surface area contributed by atoms with Crippen LogP contribution in [0, 0.1) is 24.2 Å². The van der Waals surface area contributed by atoms with Gasteiger partial charge in [-0.15, -0.1) is 0 Å². The summed E-state index contributed by atoms with van der Waals surface area (Å²) in [4.78, 5) is 22.3. The Morgan fingerprint density at radius 2 is 1.84 bits per heavy atom. The van der Waals surface area contributed by atoms with Crippen molar-refractivity contribution in [3.05, 3.63) is 86.0 Å². The summed E-state index contributed by atoms with van der Waals surface area (Å²) in [6.07, 6.45) is 5.43. The third kappa shape index (κ3) is 7.93. The molecule has 2 heterocycles. The normalized spacial score (nSPS) is 17.0. The van der Waals surface area contributed by atoms with E-state index in [0.29, 0.717) is 46.9 Å². The summed E-state index contributed by atoms with van der Waals surface area (Å²) >= 11 is 19.3. The Balaban J connectivity index is 1.20. The first-order valence-electron chi connectivity index (χ1n) is 14.5. The molecule has 3 aromatic rings. The molecule has 226 valence electrons. The van der Waals surface area contributed by atoms with Crippen LogP contribution in [0.25, 0.3) is 0 Å². The van der Waals surface area contributed by atoms with Gasteiger partial charge in [0.15, 0.2) is 5.75 Å². The topological polar surface area (TPSA) is 78.7 Å². The van der Waals surface area contributed by atoms with E-state index in [4.69, 9.17) is 44.3 Å². The number of nitrogens with zero attached hydrogens (tertiary/aromatic N) is 4. The number of aromatic nitrogens is 1. The molecule has 0 N–H and O–H groups in total. The average molecular weight is 642 g/mol. The minimum atomic E-state index is -0.808. The first-order chi connectivity index (χ1) is 20.7. The molecule has 1 saturated heterocycles. The quantitative estimate of drug-likeness (QED) is 0.211. The zero-order chi connectivity index (χ0) is 30.5. The number of hydrogen-bond donors (Lipinski definition) is 0.